The lowest BCUT2D eigenvalue weighted by atomic mass is 9.64. The van der Waals surface area contributed by atoms with Crippen LogP contribution in [0.1, 0.15) is 67.4 Å². The molecule has 0 unspecified atom stereocenters. The van der Waals surface area contributed by atoms with Crippen molar-refractivity contribution in [3.63, 3.8) is 0 Å². The van der Waals surface area contributed by atoms with Crippen LogP contribution in [0.4, 0.5) is 10.5 Å². The largest absolute Gasteiger partial charge is 0.490 e. The first-order valence-corrected chi connectivity index (χ1v) is 21.0. The van der Waals surface area contributed by atoms with Crippen LogP contribution in [0, 0.1) is 17.8 Å². The van der Waals surface area contributed by atoms with Gasteiger partial charge < -0.3 is 24.4 Å². The second-order valence-electron chi connectivity index (χ2n) is 15.8. The molecule has 1 saturated carbocycles. The average molecular weight is 783 g/mol. The van der Waals surface area contributed by atoms with Crippen molar-refractivity contribution in [3.05, 3.63) is 70.3 Å². The van der Waals surface area contributed by atoms with Gasteiger partial charge in [-0.25, -0.2) is 17.9 Å². The van der Waals surface area contributed by atoms with Gasteiger partial charge in [-0.2, -0.15) is 0 Å². The number of aryl methyl sites for hydroxylation is 1. The van der Waals surface area contributed by atoms with Crippen molar-refractivity contribution in [1.29, 1.82) is 0 Å². The minimum Gasteiger partial charge on any atom is -0.490 e. The van der Waals surface area contributed by atoms with Gasteiger partial charge in [0.25, 0.3) is 5.91 Å². The van der Waals surface area contributed by atoms with Gasteiger partial charge in [-0.1, -0.05) is 30.7 Å². The second kappa shape index (κ2) is 15.5. The van der Waals surface area contributed by atoms with E-state index in [0.29, 0.717) is 49.5 Å². The standard InChI is InChI=1S/C34H41ClN2O6S.C6H10N2O2/c1-22-6-4-15-34(20-38,42-3)29-11-8-26(29)18-37-19-33(14-5-7-24-16-27(35)10-12-28(24)33)21-43-31-13-9-25(17-30(31)37)32(39)36-44(40,41)23(22)2;9-6-8-2-1-7-3-5(8)4-10-6/h4,9-10,12-13,15-17,20,22-23,26,29H,5-8,11,14,18-19,21H2,1-3H3,(H,36,39);5,7H,1-4H2/b15-4+;/t22-,23+,26-,29+,33-,34-;5-/m00/s1. The highest BCUT2D eigenvalue weighted by Crippen LogP contribution is 2.48. The maximum Gasteiger partial charge on any atom is 0.410 e. The normalized spacial score (nSPS) is 33.5. The van der Waals surface area contributed by atoms with E-state index >= 15 is 0 Å². The molecule has 2 bridgehead atoms. The van der Waals surface area contributed by atoms with E-state index in [-0.39, 0.29) is 34.8 Å². The first-order valence-electron chi connectivity index (χ1n) is 19.1. The third-order valence-corrected chi connectivity index (χ3v) is 14.8. The molecule has 292 valence electrons. The maximum absolute atomic E-state index is 13.4. The molecule has 0 radical (unpaired) electrons. The average Bonchev–Trinajstić information content (AvgIpc) is 3.46. The van der Waals surface area contributed by atoms with Gasteiger partial charge >= 0.3 is 6.09 Å². The van der Waals surface area contributed by atoms with Gasteiger partial charge in [0.1, 0.15) is 18.0 Å². The zero-order chi connectivity index (χ0) is 38.3. The summed E-state index contributed by atoms with van der Waals surface area (Å²) < 4.78 is 46.2. The number of fused-ring (bicyclic) bond motifs is 5. The lowest BCUT2D eigenvalue weighted by Gasteiger charge is -2.48. The Hall–Kier alpha value is -3.65. The number of ether oxygens (including phenoxy) is 3. The van der Waals surface area contributed by atoms with Crippen LogP contribution in [-0.4, -0.2) is 102 Å². The van der Waals surface area contributed by atoms with Gasteiger partial charge in [0, 0.05) is 61.8 Å². The number of benzene rings is 2. The van der Waals surface area contributed by atoms with Crippen LogP contribution in [0.3, 0.4) is 0 Å². The maximum atomic E-state index is 13.4. The van der Waals surface area contributed by atoms with E-state index in [1.165, 1.54) is 11.1 Å². The number of nitrogens with one attached hydrogen (secondary N) is 2. The molecule has 54 heavy (non-hydrogen) atoms. The number of hydrogen-bond acceptors (Lipinski definition) is 10. The van der Waals surface area contributed by atoms with Crippen LogP contribution in [0.2, 0.25) is 5.02 Å². The van der Waals surface area contributed by atoms with E-state index in [4.69, 9.17) is 25.8 Å². The lowest BCUT2D eigenvalue weighted by Crippen LogP contribution is -2.53. The van der Waals surface area contributed by atoms with Gasteiger partial charge in [-0.15, -0.1) is 0 Å². The van der Waals surface area contributed by atoms with Crippen LogP contribution in [0.15, 0.2) is 48.6 Å². The summed E-state index contributed by atoms with van der Waals surface area (Å²) in [5, 5.41) is 3.08. The summed E-state index contributed by atoms with van der Waals surface area (Å²) in [5.74, 6) is -0.203. The summed E-state index contributed by atoms with van der Waals surface area (Å²) >= 11 is 6.40. The molecule has 3 fully saturated rings. The zero-order valence-electron chi connectivity index (χ0n) is 31.2. The van der Waals surface area contributed by atoms with Crippen molar-refractivity contribution in [3.8, 4) is 5.75 Å². The van der Waals surface area contributed by atoms with Crippen molar-refractivity contribution in [2.24, 2.45) is 17.8 Å². The quantitative estimate of drug-likeness (QED) is 0.320. The summed E-state index contributed by atoms with van der Waals surface area (Å²) in [6, 6.07) is 11.6. The van der Waals surface area contributed by atoms with E-state index < -0.39 is 26.8 Å². The van der Waals surface area contributed by atoms with Crippen molar-refractivity contribution in [1.82, 2.24) is 14.9 Å². The monoisotopic (exact) mass is 782 g/mol. The lowest BCUT2D eigenvalue weighted by molar-refractivity contribution is -0.135. The summed E-state index contributed by atoms with van der Waals surface area (Å²) in [6.07, 6.45) is 9.51. The molecule has 2 amide bonds. The first-order chi connectivity index (χ1) is 25.9. The number of amides is 2. The van der Waals surface area contributed by atoms with E-state index in [2.05, 4.69) is 27.1 Å². The van der Waals surface area contributed by atoms with Gasteiger partial charge in [0.05, 0.1) is 23.6 Å². The summed E-state index contributed by atoms with van der Waals surface area (Å²) in [6.45, 7) is 8.31. The number of sulfonamides is 1. The molecule has 2 aromatic rings. The SMILES string of the molecule is CO[C@]1(C=O)/C=C/C[C@H](C)[C@@H](C)S(=O)(=O)NC(=O)c2ccc3c(c2)N(C[C@@H]2CC[C@H]21)C[C@@]1(CCCc2cc(Cl)ccc21)CO3.O=C1OC[C@@H]2CNCCN12. The number of cyclic esters (lactones) is 1. The number of piperazine rings is 1. The Bertz CT molecular complexity index is 1910. The number of aldehydes is 1. The molecule has 2 N–H and O–H groups in total. The van der Waals surface area contributed by atoms with Crippen LogP contribution in [-0.2, 0) is 36.1 Å². The molecule has 2 saturated heterocycles. The third-order valence-electron chi connectivity index (χ3n) is 12.7. The van der Waals surface area contributed by atoms with Gasteiger partial charge in [-0.3, -0.25) is 14.5 Å². The van der Waals surface area contributed by atoms with Crippen LogP contribution in [0.5, 0.6) is 5.75 Å². The highest BCUT2D eigenvalue weighted by molar-refractivity contribution is 7.90. The van der Waals surface area contributed by atoms with E-state index in [9.17, 15) is 22.8 Å². The molecular weight excluding hydrogens is 732 g/mol. The number of methoxy groups -OCH3 is 1. The molecular formula is C40H51ClN4O8S. The highest BCUT2D eigenvalue weighted by Gasteiger charge is 2.49. The Kier molecular flexibility index (Phi) is 11.1. The zero-order valence-corrected chi connectivity index (χ0v) is 32.8. The van der Waals surface area contributed by atoms with Crippen molar-refractivity contribution in [2.75, 3.05) is 57.9 Å². The molecule has 6 aliphatic rings. The van der Waals surface area contributed by atoms with Gasteiger partial charge in [0.15, 0.2) is 6.29 Å². The number of nitrogens with zero attached hydrogens (tertiary/aromatic N) is 2. The molecule has 2 aromatic carbocycles. The van der Waals surface area contributed by atoms with E-state index in [1.54, 1.807) is 37.1 Å². The molecule has 12 nitrogen and oxygen atoms in total. The number of anilines is 1. The molecule has 7 atom stereocenters. The molecule has 14 heteroatoms. The molecule has 8 rings (SSSR count). The number of rotatable bonds is 2. The Balaban J connectivity index is 0.000000386. The molecule has 2 aliphatic carbocycles. The first kappa shape index (κ1) is 38.6. The fourth-order valence-corrected chi connectivity index (χ4v) is 10.6. The Labute approximate surface area is 322 Å². The fourth-order valence-electron chi connectivity index (χ4n) is 9.08. The van der Waals surface area contributed by atoms with Crippen molar-refractivity contribution < 1.29 is 37.0 Å². The predicted octanol–water partition coefficient (Wildman–Crippen LogP) is 4.88. The summed E-state index contributed by atoms with van der Waals surface area (Å²) in [7, 11) is -2.41. The second-order valence-corrected chi connectivity index (χ2v) is 18.3. The number of carbonyl (C=O) groups excluding carboxylic acids is 3. The number of hydrogen-bond donors (Lipinski definition) is 2. The Morgan fingerprint density at radius 2 is 1.93 bits per heavy atom. The Morgan fingerprint density at radius 1 is 1.09 bits per heavy atom. The van der Waals surface area contributed by atoms with Crippen LogP contribution < -0.4 is 19.7 Å². The van der Waals surface area contributed by atoms with Crippen LogP contribution >= 0.6 is 11.6 Å². The third kappa shape index (κ3) is 7.36. The smallest absolute Gasteiger partial charge is 0.410 e. The molecule has 4 heterocycles. The van der Waals surface area contributed by atoms with Crippen molar-refractivity contribution >= 4 is 45.6 Å². The summed E-state index contributed by atoms with van der Waals surface area (Å²) in [4.78, 5) is 41.0. The fraction of sp³-hybridized carbons (Fsp3) is 0.575. The minimum atomic E-state index is -3.97. The highest BCUT2D eigenvalue weighted by atomic mass is 35.5. The molecule has 0 aromatic heterocycles. The van der Waals surface area contributed by atoms with Crippen molar-refractivity contribution in [2.45, 2.75) is 74.7 Å². The number of carbonyl (C=O) groups is 3. The van der Waals surface area contributed by atoms with E-state index in [1.807, 2.05) is 25.1 Å². The topological polar surface area (TPSA) is 144 Å². The summed E-state index contributed by atoms with van der Waals surface area (Å²) in [5.41, 5.74) is 2.05. The van der Waals surface area contributed by atoms with Gasteiger partial charge in [-0.05, 0) is 105 Å². The van der Waals surface area contributed by atoms with Crippen LogP contribution in [0.25, 0.3) is 0 Å². The number of allylic oxidation sites excluding steroid dienone is 1. The molecule has 4 aliphatic heterocycles. The van der Waals surface area contributed by atoms with Gasteiger partial charge in [0.2, 0.25) is 10.0 Å². The molecule has 1 spiro atoms. The van der Waals surface area contributed by atoms with E-state index in [0.717, 1.165) is 63.7 Å². The number of halogens is 1. The Morgan fingerprint density at radius 3 is 2.67 bits per heavy atom. The minimum absolute atomic E-state index is 0.0434. The predicted molar refractivity (Wildman–Crippen MR) is 206 cm³/mol.